The molecule has 1 aromatic carbocycles. The van der Waals surface area contributed by atoms with Gasteiger partial charge in [0.15, 0.2) is 0 Å². The monoisotopic (exact) mass is 244 g/mol. The molecule has 3 aromatic rings. The van der Waals surface area contributed by atoms with E-state index in [2.05, 4.69) is 17.6 Å². The van der Waals surface area contributed by atoms with Crippen molar-refractivity contribution in [1.29, 1.82) is 0 Å². The van der Waals surface area contributed by atoms with Gasteiger partial charge in [0.05, 0.1) is 11.9 Å². The molecular weight excluding hydrogens is 232 g/mol. The molecule has 3 nitrogen and oxygen atoms in total. The Morgan fingerprint density at radius 3 is 2.82 bits per heavy atom. The summed E-state index contributed by atoms with van der Waals surface area (Å²) >= 11 is 1.53. The lowest BCUT2D eigenvalue weighted by molar-refractivity contribution is 0.484. The largest absolute Gasteiger partial charge is 0.506 e. The third kappa shape index (κ3) is 1.87. The summed E-state index contributed by atoms with van der Waals surface area (Å²) in [6, 6.07) is 12.1. The third-order valence-corrected chi connectivity index (χ3v) is 3.67. The Morgan fingerprint density at radius 1 is 1.18 bits per heavy atom. The van der Waals surface area contributed by atoms with Crippen molar-refractivity contribution in [3.05, 3.63) is 53.5 Å². The SMILES string of the molecule is Oc1csc2c1ccn2NCc1ccccc1. The molecule has 0 saturated carbocycles. The van der Waals surface area contributed by atoms with Crippen LogP contribution in [0.3, 0.4) is 0 Å². The minimum atomic E-state index is 0.352. The topological polar surface area (TPSA) is 37.2 Å². The highest BCUT2D eigenvalue weighted by Gasteiger charge is 2.06. The molecule has 2 aromatic heterocycles. The number of nitrogens with zero attached hydrogens (tertiary/aromatic N) is 1. The molecule has 0 aliphatic rings. The molecule has 0 fully saturated rings. The van der Waals surface area contributed by atoms with Crippen molar-refractivity contribution >= 4 is 21.6 Å². The van der Waals surface area contributed by atoms with E-state index in [-0.39, 0.29) is 0 Å². The molecule has 0 aliphatic carbocycles. The third-order valence-electron chi connectivity index (χ3n) is 2.69. The first-order chi connectivity index (χ1) is 8.34. The second-order valence-electron chi connectivity index (χ2n) is 3.85. The predicted octanol–water partition coefficient (Wildman–Crippen LogP) is 3.15. The highest BCUT2D eigenvalue weighted by molar-refractivity contribution is 7.17. The summed E-state index contributed by atoms with van der Waals surface area (Å²) in [4.78, 5) is 1.04. The summed E-state index contributed by atoms with van der Waals surface area (Å²) in [6.07, 6.45) is 1.93. The molecule has 3 rings (SSSR count). The van der Waals surface area contributed by atoms with E-state index < -0.39 is 0 Å². The van der Waals surface area contributed by atoms with Crippen LogP contribution in [0.2, 0.25) is 0 Å². The number of hydrogen-bond acceptors (Lipinski definition) is 3. The van der Waals surface area contributed by atoms with E-state index in [1.54, 1.807) is 5.38 Å². The number of benzene rings is 1. The maximum atomic E-state index is 9.58. The van der Waals surface area contributed by atoms with Gasteiger partial charge in [0.25, 0.3) is 0 Å². The second-order valence-corrected chi connectivity index (χ2v) is 4.70. The summed E-state index contributed by atoms with van der Waals surface area (Å²) in [5.74, 6) is 0.352. The molecule has 2 N–H and O–H groups in total. The second kappa shape index (κ2) is 4.14. The number of aromatic hydroxyl groups is 1. The summed E-state index contributed by atoms with van der Waals surface area (Å²) < 4.78 is 1.95. The van der Waals surface area contributed by atoms with Crippen molar-refractivity contribution in [2.24, 2.45) is 0 Å². The Labute approximate surface area is 103 Å². The van der Waals surface area contributed by atoms with Gasteiger partial charge >= 0.3 is 0 Å². The first-order valence-corrected chi connectivity index (χ1v) is 6.28. The highest BCUT2D eigenvalue weighted by atomic mass is 32.1. The van der Waals surface area contributed by atoms with Crippen LogP contribution >= 0.6 is 11.3 Å². The molecule has 0 amide bonds. The lowest BCUT2D eigenvalue weighted by atomic mass is 10.2. The molecule has 0 saturated heterocycles. The van der Waals surface area contributed by atoms with E-state index in [4.69, 9.17) is 0 Å². The molecule has 0 atom stereocenters. The van der Waals surface area contributed by atoms with Gasteiger partial charge in [-0.3, -0.25) is 4.68 Å². The predicted molar refractivity (Wildman–Crippen MR) is 71.0 cm³/mol. The van der Waals surface area contributed by atoms with Crippen LogP contribution in [0, 0.1) is 0 Å². The Morgan fingerprint density at radius 2 is 2.00 bits per heavy atom. The molecule has 2 heterocycles. The average molecular weight is 244 g/mol. The minimum Gasteiger partial charge on any atom is -0.506 e. The smallest absolute Gasteiger partial charge is 0.135 e. The van der Waals surface area contributed by atoms with E-state index in [0.717, 1.165) is 16.8 Å². The van der Waals surface area contributed by atoms with Gasteiger partial charge in [-0.1, -0.05) is 30.3 Å². The standard InChI is InChI=1S/C13H12N2OS/c16-12-9-17-13-11(12)6-7-15(13)14-8-10-4-2-1-3-5-10/h1-7,9,14,16H,8H2. The molecule has 0 unspecified atom stereocenters. The fourth-order valence-corrected chi connectivity index (χ4v) is 2.69. The van der Waals surface area contributed by atoms with E-state index in [0.29, 0.717) is 5.75 Å². The fourth-order valence-electron chi connectivity index (χ4n) is 1.80. The molecule has 0 spiro atoms. The zero-order valence-corrected chi connectivity index (χ0v) is 9.95. The summed E-state index contributed by atoms with van der Waals surface area (Å²) in [5.41, 5.74) is 4.54. The van der Waals surface area contributed by atoms with Gasteiger partial charge in [0.1, 0.15) is 10.6 Å². The minimum absolute atomic E-state index is 0.352. The van der Waals surface area contributed by atoms with Crippen molar-refractivity contribution in [2.45, 2.75) is 6.54 Å². The number of aromatic nitrogens is 1. The van der Waals surface area contributed by atoms with Gasteiger partial charge in [-0.2, -0.15) is 0 Å². The van der Waals surface area contributed by atoms with E-state index in [9.17, 15) is 5.11 Å². The van der Waals surface area contributed by atoms with Crippen LogP contribution in [0.15, 0.2) is 48.0 Å². The van der Waals surface area contributed by atoms with Crippen LogP contribution < -0.4 is 5.43 Å². The maximum Gasteiger partial charge on any atom is 0.135 e. The van der Waals surface area contributed by atoms with Crippen LogP contribution in [0.5, 0.6) is 5.75 Å². The molecular formula is C13H12N2OS. The molecule has 0 aliphatic heterocycles. The van der Waals surface area contributed by atoms with Gasteiger partial charge in [-0.15, -0.1) is 11.3 Å². The molecule has 0 radical (unpaired) electrons. The number of thiophene rings is 1. The summed E-state index contributed by atoms with van der Waals surface area (Å²) in [5, 5.41) is 12.2. The Balaban J connectivity index is 1.81. The van der Waals surface area contributed by atoms with Gasteiger partial charge in [-0.05, 0) is 11.6 Å². The van der Waals surface area contributed by atoms with E-state index in [1.807, 2.05) is 35.1 Å². The zero-order valence-electron chi connectivity index (χ0n) is 9.13. The highest BCUT2D eigenvalue weighted by Crippen LogP contribution is 2.31. The van der Waals surface area contributed by atoms with Crippen molar-refractivity contribution in [3.63, 3.8) is 0 Å². The number of rotatable bonds is 3. The Kier molecular flexibility index (Phi) is 2.49. The van der Waals surface area contributed by atoms with Gasteiger partial charge < -0.3 is 10.5 Å². The van der Waals surface area contributed by atoms with E-state index in [1.165, 1.54) is 16.9 Å². The molecule has 86 valence electrons. The average Bonchev–Trinajstić information content (AvgIpc) is 2.92. The van der Waals surface area contributed by atoms with Crippen LogP contribution in [-0.4, -0.2) is 9.78 Å². The van der Waals surface area contributed by atoms with Crippen molar-refractivity contribution < 1.29 is 5.11 Å². The maximum absolute atomic E-state index is 9.58. The van der Waals surface area contributed by atoms with Gasteiger partial charge in [0.2, 0.25) is 0 Å². The number of hydrogen-bond donors (Lipinski definition) is 2. The Bertz CT molecular complexity index is 627. The van der Waals surface area contributed by atoms with E-state index >= 15 is 0 Å². The van der Waals surface area contributed by atoms with Crippen molar-refractivity contribution in [2.75, 3.05) is 5.43 Å². The normalized spacial score (nSPS) is 10.8. The van der Waals surface area contributed by atoms with Crippen molar-refractivity contribution in [1.82, 2.24) is 4.68 Å². The number of fused-ring (bicyclic) bond motifs is 1. The molecule has 0 bridgehead atoms. The van der Waals surface area contributed by atoms with Gasteiger partial charge in [0, 0.05) is 11.6 Å². The first kappa shape index (κ1) is 10.2. The van der Waals surface area contributed by atoms with Gasteiger partial charge in [-0.25, -0.2) is 0 Å². The number of nitrogens with one attached hydrogen (secondary N) is 1. The lowest BCUT2D eigenvalue weighted by Gasteiger charge is -2.07. The Hall–Kier alpha value is -1.94. The summed E-state index contributed by atoms with van der Waals surface area (Å²) in [6.45, 7) is 0.767. The summed E-state index contributed by atoms with van der Waals surface area (Å²) in [7, 11) is 0. The first-order valence-electron chi connectivity index (χ1n) is 5.40. The molecule has 4 heteroatoms. The van der Waals surface area contributed by atoms with Crippen LogP contribution in [0.25, 0.3) is 10.2 Å². The zero-order chi connectivity index (χ0) is 11.7. The van der Waals surface area contributed by atoms with Crippen molar-refractivity contribution in [3.8, 4) is 5.75 Å². The van der Waals surface area contributed by atoms with Crippen LogP contribution in [0.1, 0.15) is 5.56 Å². The fraction of sp³-hybridized carbons (Fsp3) is 0.0769. The quantitative estimate of drug-likeness (QED) is 0.742. The van der Waals surface area contributed by atoms with Crippen LogP contribution in [-0.2, 0) is 6.54 Å². The molecule has 17 heavy (non-hydrogen) atoms. The van der Waals surface area contributed by atoms with Crippen LogP contribution in [0.4, 0.5) is 0 Å². The lowest BCUT2D eigenvalue weighted by Crippen LogP contribution is -2.12.